The predicted octanol–water partition coefficient (Wildman–Crippen LogP) is 1.77. The quantitative estimate of drug-likeness (QED) is 0.306. The second-order valence-corrected chi connectivity index (χ2v) is 5.85. The lowest BCUT2D eigenvalue weighted by Crippen LogP contribution is -2.25. The second kappa shape index (κ2) is 10.1. The van der Waals surface area contributed by atoms with E-state index in [0.29, 0.717) is 11.5 Å². The van der Waals surface area contributed by atoms with Crippen molar-refractivity contribution in [3.8, 4) is 5.75 Å². The van der Waals surface area contributed by atoms with Gasteiger partial charge in [-0.25, -0.2) is 4.98 Å². The van der Waals surface area contributed by atoms with Crippen molar-refractivity contribution in [3.63, 3.8) is 0 Å². The second-order valence-electron chi connectivity index (χ2n) is 5.85. The number of aliphatic hydroxyl groups excluding tert-OH is 1. The molecule has 10 nitrogen and oxygen atoms in total. The lowest BCUT2D eigenvalue weighted by molar-refractivity contribution is -0.139. The fourth-order valence-corrected chi connectivity index (χ4v) is 1.99. The highest BCUT2D eigenvalue weighted by atomic mass is 16.5. The Balaban J connectivity index is 2.15. The van der Waals surface area contributed by atoms with Crippen LogP contribution in [0.2, 0.25) is 0 Å². The molecule has 1 aromatic heterocycles. The Morgan fingerprint density at radius 2 is 1.93 bits per heavy atom. The van der Waals surface area contributed by atoms with Crippen molar-refractivity contribution in [2.45, 2.75) is 6.92 Å². The summed E-state index contributed by atoms with van der Waals surface area (Å²) in [6.45, 7) is 1.38. The van der Waals surface area contributed by atoms with E-state index in [-0.39, 0.29) is 36.3 Å². The Kier molecular flexibility index (Phi) is 7.55. The number of aromatic nitrogens is 1. The molecule has 148 valence electrons. The van der Waals surface area contributed by atoms with Gasteiger partial charge in [0, 0.05) is 0 Å². The first-order valence-corrected chi connectivity index (χ1v) is 8.49. The molecular formula is C18H22N6O4. The molecule has 2 aromatic rings. The van der Waals surface area contributed by atoms with E-state index in [1.54, 1.807) is 50.4 Å². The van der Waals surface area contributed by atoms with Crippen molar-refractivity contribution in [3.05, 3.63) is 36.4 Å². The monoisotopic (exact) mass is 386 g/mol. The Bertz CT molecular complexity index is 871. The van der Waals surface area contributed by atoms with E-state index in [1.807, 2.05) is 0 Å². The van der Waals surface area contributed by atoms with Crippen LogP contribution in [0.5, 0.6) is 5.75 Å². The molecule has 0 aliphatic rings. The summed E-state index contributed by atoms with van der Waals surface area (Å²) < 4.78 is 5.25. The number of nitrogens with zero attached hydrogens (tertiary/aromatic N) is 3. The van der Waals surface area contributed by atoms with E-state index < -0.39 is 11.9 Å². The molecule has 0 aliphatic heterocycles. The number of nitrogens with one attached hydrogen (secondary N) is 2. The van der Waals surface area contributed by atoms with E-state index in [2.05, 4.69) is 25.8 Å². The lowest BCUT2D eigenvalue weighted by atomic mass is 10.2. The number of para-hydroxylation sites is 1. The molecular weight excluding hydrogens is 364 g/mol. The molecule has 10 heteroatoms. The van der Waals surface area contributed by atoms with Crippen molar-refractivity contribution in [2.75, 3.05) is 31.2 Å². The summed E-state index contributed by atoms with van der Waals surface area (Å²) >= 11 is 0. The normalized spacial score (nSPS) is 12.0. The number of anilines is 2. The first-order valence-electron chi connectivity index (χ1n) is 8.49. The number of rotatable bonds is 8. The van der Waals surface area contributed by atoms with Gasteiger partial charge < -0.3 is 26.2 Å². The van der Waals surface area contributed by atoms with Gasteiger partial charge >= 0.3 is 5.97 Å². The maximum atomic E-state index is 11.9. The van der Waals surface area contributed by atoms with Crippen LogP contribution in [0.25, 0.3) is 0 Å². The number of ether oxygens (including phenoxy) is 1. The average molecular weight is 386 g/mol. The van der Waals surface area contributed by atoms with Gasteiger partial charge in [0.25, 0.3) is 0 Å². The van der Waals surface area contributed by atoms with Crippen LogP contribution in [-0.4, -0.2) is 42.2 Å². The summed E-state index contributed by atoms with van der Waals surface area (Å²) in [5, 5.41) is 22.5. The molecule has 28 heavy (non-hydrogen) atoms. The molecule has 0 bridgehead atoms. The van der Waals surface area contributed by atoms with Crippen molar-refractivity contribution in [1.29, 1.82) is 0 Å². The van der Waals surface area contributed by atoms with Gasteiger partial charge in [-0.15, -0.1) is 10.2 Å². The molecule has 1 aromatic carbocycles. The van der Waals surface area contributed by atoms with Gasteiger partial charge in [0.15, 0.2) is 11.6 Å². The van der Waals surface area contributed by atoms with Crippen LogP contribution < -0.4 is 21.1 Å². The van der Waals surface area contributed by atoms with Gasteiger partial charge in [-0.2, -0.15) is 0 Å². The highest BCUT2D eigenvalue weighted by Crippen LogP contribution is 2.31. The van der Waals surface area contributed by atoms with E-state index in [1.165, 1.54) is 0 Å². The number of amides is 1. The molecule has 5 N–H and O–H groups in total. The third kappa shape index (κ3) is 5.83. The molecule has 0 spiro atoms. The zero-order chi connectivity index (χ0) is 20.5. The van der Waals surface area contributed by atoms with Crippen LogP contribution >= 0.6 is 0 Å². The number of likely N-dealkylation sites (N-methyl/N-ethyl adjacent to an activating group) is 1. The van der Waals surface area contributed by atoms with Crippen molar-refractivity contribution >= 4 is 34.9 Å². The zero-order valence-corrected chi connectivity index (χ0v) is 15.5. The van der Waals surface area contributed by atoms with Crippen LogP contribution in [0.4, 0.5) is 23.0 Å². The SMILES string of the molecule is CNCC(=O)Nc1ccc(/N=N/c2ccccc2OC(=O)[C@@H](C)CO)c(N)n1. The minimum absolute atomic E-state index is 0.0781. The first kappa shape index (κ1) is 20.9. The minimum atomic E-state index is -0.657. The summed E-state index contributed by atoms with van der Waals surface area (Å²) in [4.78, 5) is 27.5. The number of hydrogen-bond acceptors (Lipinski definition) is 9. The maximum absolute atomic E-state index is 11.9. The Labute approximate surface area is 161 Å². The third-order valence-electron chi connectivity index (χ3n) is 3.52. The van der Waals surface area contributed by atoms with Crippen molar-refractivity contribution in [2.24, 2.45) is 16.1 Å². The molecule has 1 amide bonds. The summed E-state index contributed by atoms with van der Waals surface area (Å²) in [5.41, 5.74) is 6.47. The fourth-order valence-electron chi connectivity index (χ4n) is 1.99. The van der Waals surface area contributed by atoms with E-state index >= 15 is 0 Å². The van der Waals surface area contributed by atoms with Crippen molar-refractivity contribution in [1.82, 2.24) is 10.3 Å². The van der Waals surface area contributed by atoms with Gasteiger partial charge in [0.2, 0.25) is 5.91 Å². The molecule has 1 heterocycles. The number of aliphatic hydroxyl groups is 1. The van der Waals surface area contributed by atoms with Crippen LogP contribution in [0, 0.1) is 5.92 Å². The zero-order valence-electron chi connectivity index (χ0n) is 15.5. The summed E-state index contributed by atoms with van der Waals surface area (Å²) in [6.07, 6.45) is 0. The summed E-state index contributed by atoms with van der Waals surface area (Å²) in [6, 6.07) is 9.69. The number of azo groups is 1. The number of carbonyl (C=O) groups excluding carboxylic acids is 2. The number of esters is 1. The van der Waals surface area contributed by atoms with E-state index in [9.17, 15) is 9.59 Å². The third-order valence-corrected chi connectivity index (χ3v) is 3.52. The Morgan fingerprint density at radius 1 is 1.21 bits per heavy atom. The number of hydrogen-bond donors (Lipinski definition) is 4. The topological polar surface area (TPSA) is 151 Å². The Hall–Kier alpha value is -3.37. The minimum Gasteiger partial charge on any atom is -0.424 e. The number of benzene rings is 1. The van der Waals surface area contributed by atoms with Gasteiger partial charge in [0.05, 0.1) is 19.1 Å². The predicted molar refractivity (Wildman–Crippen MR) is 104 cm³/mol. The fraction of sp³-hybridized carbons (Fsp3) is 0.278. The molecule has 2 rings (SSSR count). The molecule has 0 radical (unpaired) electrons. The summed E-state index contributed by atoms with van der Waals surface area (Å²) in [5.74, 6) is -0.905. The largest absolute Gasteiger partial charge is 0.424 e. The smallest absolute Gasteiger partial charge is 0.316 e. The van der Waals surface area contributed by atoms with Gasteiger partial charge in [-0.05, 0) is 38.2 Å². The van der Waals surface area contributed by atoms with Crippen molar-refractivity contribution < 1.29 is 19.4 Å². The number of pyridine rings is 1. The highest BCUT2D eigenvalue weighted by molar-refractivity contribution is 5.91. The molecule has 0 saturated carbocycles. The lowest BCUT2D eigenvalue weighted by Gasteiger charge is -2.09. The average Bonchev–Trinajstić information content (AvgIpc) is 2.67. The van der Waals surface area contributed by atoms with E-state index in [0.717, 1.165) is 0 Å². The van der Waals surface area contributed by atoms with Crippen LogP contribution in [0.15, 0.2) is 46.6 Å². The maximum Gasteiger partial charge on any atom is 0.316 e. The van der Waals surface area contributed by atoms with Crippen LogP contribution in [0.3, 0.4) is 0 Å². The number of carbonyl (C=O) groups is 2. The highest BCUT2D eigenvalue weighted by Gasteiger charge is 2.16. The standard InChI is InChI=1S/C18H22N6O4/c1-11(10-25)18(27)28-14-6-4-3-5-12(14)23-24-13-7-8-15(22-17(13)19)21-16(26)9-20-2/h3-8,11,20,25H,9-10H2,1-2H3,(H3,19,21,22,26)/b24-23+/t11-/m0/s1. The van der Waals surface area contributed by atoms with E-state index in [4.69, 9.17) is 15.6 Å². The Morgan fingerprint density at radius 3 is 2.61 bits per heavy atom. The number of nitrogens with two attached hydrogens (primary N) is 1. The summed E-state index contributed by atoms with van der Waals surface area (Å²) in [7, 11) is 1.66. The van der Waals surface area contributed by atoms with Crippen LogP contribution in [0.1, 0.15) is 6.92 Å². The first-order chi connectivity index (χ1) is 13.4. The molecule has 0 saturated heterocycles. The molecule has 0 aliphatic carbocycles. The van der Waals surface area contributed by atoms with Gasteiger partial charge in [-0.1, -0.05) is 12.1 Å². The van der Waals surface area contributed by atoms with Crippen LogP contribution in [-0.2, 0) is 9.59 Å². The number of nitrogen functional groups attached to an aromatic ring is 1. The molecule has 1 atom stereocenters. The molecule has 0 unspecified atom stereocenters. The van der Waals surface area contributed by atoms with Gasteiger partial charge in [0.1, 0.15) is 17.2 Å². The van der Waals surface area contributed by atoms with Gasteiger partial charge in [-0.3, -0.25) is 9.59 Å². The molecule has 0 fully saturated rings.